The van der Waals surface area contributed by atoms with E-state index >= 15 is 0 Å². The van der Waals surface area contributed by atoms with Gasteiger partial charge in [0, 0.05) is 25.2 Å². The highest BCUT2D eigenvalue weighted by Crippen LogP contribution is 2.41. The molecule has 30 heavy (non-hydrogen) atoms. The van der Waals surface area contributed by atoms with E-state index in [0.29, 0.717) is 25.2 Å². The molecule has 1 aliphatic heterocycles. The maximum Gasteiger partial charge on any atom is 0.418 e. The Kier molecular flexibility index (Phi) is 5.63. The topological polar surface area (TPSA) is 44.4 Å². The summed E-state index contributed by atoms with van der Waals surface area (Å²) in [5.74, 6) is -0.430. The van der Waals surface area contributed by atoms with Gasteiger partial charge < -0.3 is 15.5 Å². The van der Waals surface area contributed by atoms with Gasteiger partial charge in [0.05, 0.1) is 16.9 Å². The lowest BCUT2D eigenvalue weighted by Crippen LogP contribution is -2.31. The summed E-state index contributed by atoms with van der Waals surface area (Å²) in [7, 11) is 0. The van der Waals surface area contributed by atoms with Crippen molar-refractivity contribution in [3.05, 3.63) is 71.8 Å². The fourth-order valence-electron chi connectivity index (χ4n) is 3.90. The standard InChI is InChI=1S/C23H22F3N3O/c24-23(25,26)19-10-4-11-20(21(19)29-14-5-12-27-13-15-29)28-22(30)18-9-3-7-16-6-1-2-8-17(16)18/h1-4,6-11,27H,5,12-15H2,(H,28,30). The number of carbonyl (C=O) groups excluding carboxylic acids is 1. The number of rotatable bonds is 3. The Morgan fingerprint density at radius 1 is 0.933 bits per heavy atom. The second-order valence-electron chi connectivity index (χ2n) is 7.27. The smallest absolute Gasteiger partial charge is 0.368 e. The third-order valence-corrected chi connectivity index (χ3v) is 5.28. The van der Waals surface area contributed by atoms with Crippen molar-refractivity contribution < 1.29 is 18.0 Å². The van der Waals surface area contributed by atoms with Gasteiger partial charge in [-0.05, 0) is 41.9 Å². The zero-order valence-electron chi connectivity index (χ0n) is 16.3. The minimum absolute atomic E-state index is 0.0299. The molecule has 0 bridgehead atoms. The molecule has 1 saturated heterocycles. The number of amides is 1. The van der Waals surface area contributed by atoms with Crippen LogP contribution in [-0.2, 0) is 6.18 Å². The van der Waals surface area contributed by atoms with E-state index < -0.39 is 17.6 Å². The summed E-state index contributed by atoms with van der Waals surface area (Å²) in [6, 6.07) is 16.7. The van der Waals surface area contributed by atoms with Crippen LogP contribution in [0.4, 0.5) is 24.5 Å². The number of hydrogen-bond donors (Lipinski definition) is 2. The summed E-state index contributed by atoms with van der Waals surface area (Å²) in [6.45, 7) is 2.26. The SMILES string of the molecule is O=C(Nc1cccc(C(F)(F)F)c1N1CCCNCC1)c1cccc2ccccc12. The first-order chi connectivity index (χ1) is 14.4. The Hall–Kier alpha value is -3.06. The van der Waals surface area contributed by atoms with E-state index in [-0.39, 0.29) is 11.4 Å². The van der Waals surface area contributed by atoms with Crippen LogP contribution in [0, 0.1) is 0 Å². The molecule has 2 N–H and O–H groups in total. The lowest BCUT2D eigenvalue weighted by atomic mass is 10.0. The maximum absolute atomic E-state index is 13.8. The average molecular weight is 413 g/mol. The van der Waals surface area contributed by atoms with Gasteiger partial charge in [-0.2, -0.15) is 13.2 Å². The normalized spacial score (nSPS) is 15.1. The molecule has 156 valence electrons. The molecular formula is C23H22F3N3O. The predicted octanol–water partition coefficient (Wildman–Crippen LogP) is 4.91. The Labute approximate surface area is 172 Å². The molecule has 7 heteroatoms. The van der Waals surface area contributed by atoms with Crippen LogP contribution >= 0.6 is 0 Å². The van der Waals surface area contributed by atoms with E-state index in [0.717, 1.165) is 29.8 Å². The van der Waals surface area contributed by atoms with E-state index in [1.165, 1.54) is 12.1 Å². The molecule has 4 nitrogen and oxygen atoms in total. The minimum atomic E-state index is -4.52. The van der Waals surface area contributed by atoms with Crippen molar-refractivity contribution in [3.63, 3.8) is 0 Å². The van der Waals surface area contributed by atoms with Crippen LogP contribution in [0.3, 0.4) is 0 Å². The van der Waals surface area contributed by atoms with Crippen LogP contribution in [0.2, 0.25) is 0 Å². The summed E-state index contributed by atoms with van der Waals surface area (Å²) >= 11 is 0. The molecule has 1 aliphatic rings. The van der Waals surface area contributed by atoms with Crippen molar-refractivity contribution in [2.75, 3.05) is 36.4 Å². The van der Waals surface area contributed by atoms with Crippen molar-refractivity contribution in [1.82, 2.24) is 5.32 Å². The van der Waals surface area contributed by atoms with Gasteiger partial charge in [-0.25, -0.2) is 0 Å². The fraction of sp³-hybridized carbons (Fsp3) is 0.261. The van der Waals surface area contributed by atoms with E-state index in [2.05, 4.69) is 10.6 Å². The zero-order chi connectivity index (χ0) is 21.1. The molecule has 3 aromatic carbocycles. The summed E-state index contributed by atoms with van der Waals surface area (Å²) in [4.78, 5) is 14.8. The number of para-hydroxylation sites is 1. The molecule has 4 rings (SSSR count). The molecule has 0 unspecified atom stereocenters. The van der Waals surface area contributed by atoms with E-state index in [4.69, 9.17) is 0 Å². The number of halogens is 3. The Bertz CT molecular complexity index is 1050. The summed E-state index contributed by atoms with van der Waals surface area (Å²) < 4.78 is 41.4. The second kappa shape index (κ2) is 8.36. The van der Waals surface area contributed by atoms with E-state index in [9.17, 15) is 18.0 Å². The molecule has 0 spiro atoms. The van der Waals surface area contributed by atoms with Gasteiger partial charge >= 0.3 is 6.18 Å². The number of alkyl halides is 3. The maximum atomic E-state index is 13.8. The first kappa shape index (κ1) is 20.2. The van der Waals surface area contributed by atoms with Gasteiger partial charge in [0.25, 0.3) is 5.91 Å². The third kappa shape index (κ3) is 4.11. The minimum Gasteiger partial charge on any atom is -0.368 e. The van der Waals surface area contributed by atoms with Crippen LogP contribution in [0.5, 0.6) is 0 Å². The van der Waals surface area contributed by atoms with Crippen LogP contribution < -0.4 is 15.5 Å². The molecule has 0 saturated carbocycles. The summed E-state index contributed by atoms with van der Waals surface area (Å²) in [5.41, 5.74) is -0.110. The number of carbonyl (C=O) groups is 1. The van der Waals surface area contributed by atoms with Crippen molar-refractivity contribution in [3.8, 4) is 0 Å². The van der Waals surface area contributed by atoms with Crippen molar-refractivity contribution in [2.24, 2.45) is 0 Å². The Morgan fingerprint density at radius 2 is 1.70 bits per heavy atom. The second-order valence-corrected chi connectivity index (χ2v) is 7.27. The molecule has 1 amide bonds. The molecule has 0 atom stereocenters. The summed E-state index contributed by atoms with van der Waals surface area (Å²) in [5, 5.41) is 7.60. The number of anilines is 2. The zero-order valence-corrected chi connectivity index (χ0v) is 16.3. The van der Waals surface area contributed by atoms with Crippen LogP contribution in [0.15, 0.2) is 60.7 Å². The largest absolute Gasteiger partial charge is 0.418 e. The molecule has 0 aliphatic carbocycles. The highest BCUT2D eigenvalue weighted by molar-refractivity contribution is 6.13. The number of fused-ring (bicyclic) bond motifs is 1. The van der Waals surface area contributed by atoms with Gasteiger partial charge in [-0.1, -0.05) is 42.5 Å². The monoisotopic (exact) mass is 413 g/mol. The molecular weight excluding hydrogens is 391 g/mol. The number of nitrogens with zero attached hydrogens (tertiary/aromatic N) is 1. The fourth-order valence-corrected chi connectivity index (χ4v) is 3.90. The molecule has 1 heterocycles. The van der Waals surface area contributed by atoms with E-state index in [1.54, 1.807) is 17.0 Å². The molecule has 0 radical (unpaired) electrons. The lowest BCUT2D eigenvalue weighted by molar-refractivity contribution is -0.137. The van der Waals surface area contributed by atoms with Gasteiger partial charge in [-0.3, -0.25) is 4.79 Å². The molecule has 0 aromatic heterocycles. The van der Waals surface area contributed by atoms with Gasteiger partial charge in [0.15, 0.2) is 0 Å². The summed E-state index contributed by atoms with van der Waals surface area (Å²) in [6.07, 6.45) is -3.79. The van der Waals surface area contributed by atoms with Gasteiger partial charge in [-0.15, -0.1) is 0 Å². The highest BCUT2D eigenvalue weighted by Gasteiger charge is 2.36. The van der Waals surface area contributed by atoms with Gasteiger partial charge in [0.2, 0.25) is 0 Å². The van der Waals surface area contributed by atoms with Crippen molar-refractivity contribution in [2.45, 2.75) is 12.6 Å². The Morgan fingerprint density at radius 3 is 2.53 bits per heavy atom. The first-order valence-electron chi connectivity index (χ1n) is 9.90. The van der Waals surface area contributed by atoms with Crippen LogP contribution in [0.1, 0.15) is 22.3 Å². The first-order valence-corrected chi connectivity index (χ1v) is 9.90. The quantitative estimate of drug-likeness (QED) is 0.641. The number of hydrogen-bond acceptors (Lipinski definition) is 3. The Balaban J connectivity index is 1.75. The van der Waals surface area contributed by atoms with Crippen LogP contribution in [0.25, 0.3) is 10.8 Å². The van der Waals surface area contributed by atoms with Crippen molar-refractivity contribution >= 4 is 28.1 Å². The third-order valence-electron chi connectivity index (χ3n) is 5.28. The predicted molar refractivity (Wildman–Crippen MR) is 113 cm³/mol. The molecule has 1 fully saturated rings. The van der Waals surface area contributed by atoms with E-state index in [1.807, 2.05) is 30.3 Å². The van der Waals surface area contributed by atoms with Crippen LogP contribution in [-0.4, -0.2) is 32.1 Å². The number of benzene rings is 3. The van der Waals surface area contributed by atoms with Crippen molar-refractivity contribution in [1.29, 1.82) is 0 Å². The lowest BCUT2D eigenvalue weighted by Gasteiger charge is -2.28. The van der Waals surface area contributed by atoms with Gasteiger partial charge in [0.1, 0.15) is 0 Å². The molecule has 3 aromatic rings. The average Bonchev–Trinajstić information content (AvgIpc) is 3.02. The highest BCUT2D eigenvalue weighted by atomic mass is 19.4. The number of nitrogens with one attached hydrogen (secondary N) is 2.